The van der Waals surface area contributed by atoms with E-state index in [1.165, 1.54) is 0 Å². The van der Waals surface area contributed by atoms with Gasteiger partial charge < -0.3 is 5.32 Å². The van der Waals surface area contributed by atoms with Gasteiger partial charge in [-0.05, 0) is 42.3 Å². The fraction of sp³-hybridized carbons (Fsp3) is 0.158. The largest absolute Gasteiger partial charge is 0.359 e. The smallest absolute Gasteiger partial charge is 0.224 e. The van der Waals surface area contributed by atoms with Crippen LogP contribution in [0.5, 0.6) is 0 Å². The van der Waals surface area contributed by atoms with Crippen molar-refractivity contribution in [2.75, 3.05) is 7.05 Å². The molecule has 0 spiro atoms. The van der Waals surface area contributed by atoms with Gasteiger partial charge in [0.05, 0.1) is 17.6 Å². The maximum Gasteiger partial charge on any atom is 0.224 e. The minimum atomic E-state index is 0.00245. The Morgan fingerprint density at radius 1 is 1.17 bits per heavy atom. The first kappa shape index (κ1) is 15.5. The molecule has 0 atom stereocenters. The summed E-state index contributed by atoms with van der Waals surface area (Å²) in [4.78, 5) is 16.3. The van der Waals surface area contributed by atoms with E-state index in [1.807, 2.05) is 55.5 Å². The average molecular weight is 325 g/mol. The summed E-state index contributed by atoms with van der Waals surface area (Å²) in [7, 11) is 1.64. The van der Waals surface area contributed by atoms with E-state index in [1.54, 1.807) is 7.05 Å². The summed E-state index contributed by atoms with van der Waals surface area (Å²) in [5, 5.41) is 4.39. The number of aryl methyl sites for hydroxylation is 1. The molecule has 0 aliphatic rings. The van der Waals surface area contributed by atoms with Crippen LogP contribution in [0.4, 0.5) is 0 Å². The van der Waals surface area contributed by atoms with Gasteiger partial charge in [0.15, 0.2) is 0 Å². The highest BCUT2D eigenvalue weighted by atomic mass is 35.5. The van der Waals surface area contributed by atoms with Crippen molar-refractivity contribution < 1.29 is 4.79 Å². The average Bonchev–Trinajstić information content (AvgIpc) is 2.55. The highest BCUT2D eigenvalue weighted by molar-refractivity contribution is 6.33. The van der Waals surface area contributed by atoms with E-state index in [0.717, 1.165) is 33.3 Å². The van der Waals surface area contributed by atoms with E-state index in [4.69, 9.17) is 16.6 Å². The fourth-order valence-electron chi connectivity index (χ4n) is 2.63. The van der Waals surface area contributed by atoms with Crippen LogP contribution in [0.15, 0.2) is 48.5 Å². The van der Waals surface area contributed by atoms with Gasteiger partial charge in [-0.2, -0.15) is 0 Å². The monoisotopic (exact) mass is 324 g/mol. The summed E-state index contributed by atoms with van der Waals surface area (Å²) >= 11 is 6.28. The first-order valence-electron chi connectivity index (χ1n) is 7.44. The van der Waals surface area contributed by atoms with Crippen LogP contribution in [-0.4, -0.2) is 17.9 Å². The normalized spacial score (nSPS) is 10.7. The summed E-state index contributed by atoms with van der Waals surface area (Å²) in [6, 6.07) is 15.7. The summed E-state index contributed by atoms with van der Waals surface area (Å²) < 4.78 is 0. The van der Waals surface area contributed by atoms with Gasteiger partial charge in [-0.1, -0.05) is 35.9 Å². The maximum absolute atomic E-state index is 11.5. The number of hydrogen-bond donors (Lipinski definition) is 1. The number of aromatic nitrogens is 1. The number of likely N-dealkylation sites (N-methyl/N-ethyl adjacent to an activating group) is 1. The lowest BCUT2D eigenvalue weighted by atomic mass is 10.0. The van der Waals surface area contributed by atoms with Crippen LogP contribution in [0.3, 0.4) is 0 Å². The molecule has 4 heteroatoms. The van der Waals surface area contributed by atoms with E-state index in [2.05, 4.69) is 5.32 Å². The third-order valence-electron chi connectivity index (χ3n) is 3.87. The molecule has 0 aliphatic carbocycles. The van der Waals surface area contributed by atoms with Crippen LogP contribution in [0, 0.1) is 6.92 Å². The Morgan fingerprint density at radius 3 is 2.70 bits per heavy atom. The lowest BCUT2D eigenvalue weighted by molar-refractivity contribution is -0.119. The number of amides is 1. The molecular formula is C19H17ClN2O. The molecule has 23 heavy (non-hydrogen) atoms. The summed E-state index contributed by atoms with van der Waals surface area (Å²) in [5.74, 6) is 0.00245. The molecule has 3 aromatic rings. The standard InChI is InChI=1S/C19H17ClN2O/c1-12-9-18(14-5-3-4-6-16(14)20)22-17-8-7-13(10-15(12)17)11-19(23)21-2/h3-10H,11H2,1-2H3,(H,21,23). The van der Waals surface area contributed by atoms with Gasteiger partial charge in [-0.3, -0.25) is 4.79 Å². The summed E-state index contributed by atoms with van der Waals surface area (Å²) in [6.45, 7) is 2.05. The molecule has 1 aromatic heterocycles. The van der Waals surface area contributed by atoms with Gasteiger partial charge >= 0.3 is 0 Å². The molecular weight excluding hydrogens is 308 g/mol. The van der Waals surface area contributed by atoms with Crippen LogP contribution < -0.4 is 5.32 Å². The topological polar surface area (TPSA) is 42.0 Å². The van der Waals surface area contributed by atoms with Crippen molar-refractivity contribution >= 4 is 28.4 Å². The second-order valence-electron chi connectivity index (χ2n) is 5.51. The molecule has 0 bridgehead atoms. The van der Waals surface area contributed by atoms with Crippen LogP contribution in [-0.2, 0) is 11.2 Å². The lowest BCUT2D eigenvalue weighted by Crippen LogP contribution is -2.19. The number of carbonyl (C=O) groups excluding carboxylic acids is 1. The lowest BCUT2D eigenvalue weighted by Gasteiger charge is -2.09. The van der Waals surface area contributed by atoms with Crippen molar-refractivity contribution in [3.8, 4) is 11.3 Å². The molecule has 3 nitrogen and oxygen atoms in total. The van der Waals surface area contributed by atoms with Crippen LogP contribution in [0.2, 0.25) is 5.02 Å². The molecule has 0 saturated heterocycles. The first-order chi connectivity index (χ1) is 11.1. The highest BCUT2D eigenvalue weighted by Gasteiger charge is 2.09. The van der Waals surface area contributed by atoms with Crippen LogP contribution in [0.25, 0.3) is 22.2 Å². The molecule has 1 heterocycles. The van der Waals surface area contributed by atoms with Crippen LogP contribution in [0.1, 0.15) is 11.1 Å². The Bertz CT molecular complexity index is 890. The Kier molecular flexibility index (Phi) is 4.30. The third kappa shape index (κ3) is 3.20. The number of nitrogens with zero attached hydrogens (tertiary/aromatic N) is 1. The van der Waals surface area contributed by atoms with Gasteiger partial charge in [0.2, 0.25) is 5.91 Å². The summed E-state index contributed by atoms with van der Waals surface area (Å²) in [5.41, 5.74) is 4.78. The second-order valence-corrected chi connectivity index (χ2v) is 5.91. The molecule has 0 radical (unpaired) electrons. The number of hydrogen-bond acceptors (Lipinski definition) is 2. The second kappa shape index (κ2) is 6.39. The number of benzene rings is 2. The van der Waals surface area contributed by atoms with Gasteiger partial charge in [-0.15, -0.1) is 0 Å². The van der Waals surface area contributed by atoms with E-state index >= 15 is 0 Å². The zero-order chi connectivity index (χ0) is 16.4. The Morgan fingerprint density at radius 2 is 1.96 bits per heavy atom. The Balaban J connectivity index is 2.08. The number of halogens is 1. The number of pyridine rings is 1. The van der Waals surface area contributed by atoms with Crippen molar-refractivity contribution in [2.24, 2.45) is 0 Å². The van der Waals surface area contributed by atoms with Gasteiger partial charge in [0.1, 0.15) is 0 Å². The molecule has 1 amide bonds. The maximum atomic E-state index is 11.5. The molecule has 116 valence electrons. The number of fused-ring (bicyclic) bond motifs is 1. The van der Waals surface area contributed by atoms with Gasteiger partial charge in [0.25, 0.3) is 0 Å². The van der Waals surface area contributed by atoms with Crippen molar-refractivity contribution in [1.82, 2.24) is 10.3 Å². The van der Waals surface area contributed by atoms with Crippen molar-refractivity contribution in [3.63, 3.8) is 0 Å². The Labute approximate surface area is 140 Å². The molecule has 2 aromatic carbocycles. The number of nitrogens with one attached hydrogen (secondary N) is 1. The molecule has 0 aliphatic heterocycles. The van der Waals surface area contributed by atoms with Crippen LogP contribution >= 0.6 is 11.6 Å². The fourth-order valence-corrected chi connectivity index (χ4v) is 2.86. The van der Waals surface area contributed by atoms with E-state index in [-0.39, 0.29) is 5.91 Å². The third-order valence-corrected chi connectivity index (χ3v) is 4.20. The van der Waals surface area contributed by atoms with Crippen molar-refractivity contribution in [3.05, 3.63) is 64.7 Å². The molecule has 0 unspecified atom stereocenters. The van der Waals surface area contributed by atoms with Crippen molar-refractivity contribution in [1.29, 1.82) is 0 Å². The number of rotatable bonds is 3. The quantitative estimate of drug-likeness (QED) is 0.786. The van der Waals surface area contributed by atoms with Crippen molar-refractivity contribution in [2.45, 2.75) is 13.3 Å². The number of carbonyl (C=O) groups is 1. The molecule has 3 rings (SSSR count). The van der Waals surface area contributed by atoms with Gasteiger partial charge in [0, 0.05) is 23.0 Å². The minimum absolute atomic E-state index is 0.00245. The predicted molar refractivity (Wildman–Crippen MR) is 94.7 cm³/mol. The minimum Gasteiger partial charge on any atom is -0.359 e. The molecule has 1 N–H and O–H groups in total. The SMILES string of the molecule is CNC(=O)Cc1ccc2nc(-c3ccccc3Cl)cc(C)c2c1. The predicted octanol–water partition coefficient (Wildman–Crippen LogP) is 4.15. The molecule has 0 saturated carbocycles. The van der Waals surface area contributed by atoms with E-state index in [9.17, 15) is 4.79 Å². The highest BCUT2D eigenvalue weighted by Crippen LogP contribution is 2.29. The summed E-state index contributed by atoms with van der Waals surface area (Å²) in [6.07, 6.45) is 0.373. The molecule has 0 fully saturated rings. The van der Waals surface area contributed by atoms with E-state index in [0.29, 0.717) is 11.4 Å². The zero-order valence-corrected chi connectivity index (χ0v) is 13.8. The van der Waals surface area contributed by atoms with E-state index < -0.39 is 0 Å². The Hall–Kier alpha value is -2.39. The zero-order valence-electron chi connectivity index (χ0n) is 13.1. The first-order valence-corrected chi connectivity index (χ1v) is 7.82. The van der Waals surface area contributed by atoms with Gasteiger partial charge in [-0.25, -0.2) is 4.98 Å².